The van der Waals surface area contributed by atoms with E-state index in [0.29, 0.717) is 17.7 Å². The number of carbonyl (C=O) groups is 2. The zero-order valence-corrected chi connectivity index (χ0v) is 21.8. The van der Waals surface area contributed by atoms with Crippen molar-refractivity contribution in [2.24, 2.45) is 0 Å². The van der Waals surface area contributed by atoms with Gasteiger partial charge in [0, 0.05) is 6.54 Å². The Labute approximate surface area is 218 Å². The predicted molar refractivity (Wildman–Crippen MR) is 130 cm³/mol. The lowest BCUT2D eigenvalue weighted by Crippen LogP contribution is -2.19. The van der Waals surface area contributed by atoms with Gasteiger partial charge < -0.3 is 34.0 Å². The molecule has 2 aliphatic rings. The Morgan fingerprint density at radius 1 is 0.921 bits per heavy atom. The van der Waals surface area contributed by atoms with Crippen LogP contribution in [0.4, 0.5) is 15.4 Å². The van der Waals surface area contributed by atoms with Gasteiger partial charge in [-0.3, -0.25) is 13.6 Å². The predicted octanol–water partition coefficient (Wildman–Crippen LogP) is 3.72. The van der Waals surface area contributed by atoms with Crippen LogP contribution in [0.5, 0.6) is 0 Å². The highest BCUT2D eigenvalue weighted by Crippen LogP contribution is 2.48. The summed E-state index contributed by atoms with van der Waals surface area (Å²) in [4.78, 5) is 36.0. The number of fused-ring (bicyclic) bond motifs is 1. The van der Waals surface area contributed by atoms with E-state index in [1.807, 2.05) is 0 Å². The van der Waals surface area contributed by atoms with Crippen molar-refractivity contribution in [1.29, 1.82) is 0 Å². The number of ether oxygens (including phenoxy) is 5. The standard InChI is InChI=1S/C22H32N5O10P/c23-19-18-20(25-11-24-19)27(12-26-18)9-10-31-15-38(30,34-13-32-21(28)36-16-5-1-2-6-16)35-14-33-22(29)37-17-7-3-4-8-17/h11-12,16-17H,1-10,13-15H2,(H2,23,24,25). The maximum Gasteiger partial charge on any atom is 0.510 e. The van der Waals surface area contributed by atoms with Crippen molar-refractivity contribution in [2.75, 3.05) is 32.3 Å². The van der Waals surface area contributed by atoms with Gasteiger partial charge in [0.25, 0.3) is 0 Å². The van der Waals surface area contributed by atoms with Crippen molar-refractivity contribution in [2.45, 2.75) is 70.1 Å². The fourth-order valence-electron chi connectivity index (χ4n) is 4.18. The zero-order chi connectivity index (χ0) is 26.8. The average Bonchev–Trinajstić information content (AvgIpc) is 3.66. The number of anilines is 1. The van der Waals surface area contributed by atoms with Crippen molar-refractivity contribution in [3.05, 3.63) is 12.7 Å². The molecule has 2 aromatic rings. The number of nitrogens with two attached hydrogens (primary N) is 1. The van der Waals surface area contributed by atoms with E-state index in [0.717, 1.165) is 51.4 Å². The SMILES string of the molecule is Nc1ncnc2c1ncn2CCOCP(=O)(OCOC(=O)OC1CCCC1)OCOC(=O)OC1CCCC1. The van der Waals surface area contributed by atoms with E-state index >= 15 is 0 Å². The molecule has 0 unspecified atom stereocenters. The highest BCUT2D eigenvalue weighted by atomic mass is 31.2. The second-order valence-corrected chi connectivity index (χ2v) is 10.8. The summed E-state index contributed by atoms with van der Waals surface area (Å²) in [5, 5.41) is 0. The van der Waals surface area contributed by atoms with Crippen LogP contribution in [-0.2, 0) is 43.8 Å². The summed E-state index contributed by atoms with van der Waals surface area (Å²) in [6, 6.07) is 0. The summed E-state index contributed by atoms with van der Waals surface area (Å²) in [6.45, 7) is -1.05. The fourth-order valence-corrected chi connectivity index (χ4v) is 5.18. The van der Waals surface area contributed by atoms with Gasteiger partial charge in [0.05, 0.1) is 12.9 Å². The third-order valence-electron chi connectivity index (χ3n) is 6.14. The molecule has 2 aliphatic carbocycles. The molecule has 0 aliphatic heterocycles. The fraction of sp³-hybridized carbons (Fsp3) is 0.682. The molecule has 0 spiro atoms. The first kappa shape index (κ1) is 28.0. The Morgan fingerprint density at radius 3 is 2.08 bits per heavy atom. The molecule has 2 aromatic heterocycles. The molecule has 2 saturated carbocycles. The number of rotatable bonds is 13. The summed E-state index contributed by atoms with van der Waals surface area (Å²) in [6.07, 6.45) is 7.05. The van der Waals surface area contributed by atoms with Crippen LogP contribution in [0.25, 0.3) is 11.2 Å². The lowest BCUT2D eigenvalue weighted by atomic mass is 10.3. The third kappa shape index (κ3) is 8.25. The Hall–Kier alpha value is -3.00. The van der Waals surface area contributed by atoms with Crippen molar-refractivity contribution < 1.29 is 46.9 Å². The summed E-state index contributed by atoms with van der Waals surface area (Å²) < 4.78 is 50.9. The Kier molecular flexibility index (Phi) is 10.1. The molecule has 210 valence electrons. The van der Waals surface area contributed by atoms with Crippen LogP contribution >= 0.6 is 7.60 Å². The van der Waals surface area contributed by atoms with E-state index < -0.39 is 39.8 Å². The summed E-state index contributed by atoms with van der Waals surface area (Å²) in [5.74, 6) is 0.249. The summed E-state index contributed by atoms with van der Waals surface area (Å²) >= 11 is 0. The molecule has 16 heteroatoms. The van der Waals surface area contributed by atoms with Gasteiger partial charge >= 0.3 is 19.9 Å². The first-order valence-electron chi connectivity index (χ1n) is 12.5. The Morgan fingerprint density at radius 2 is 1.50 bits per heavy atom. The van der Waals surface area contributed by atoms with Crippen LogP contribution in [0.1, 0.15) is 51.4 Å². The third-order valence-corrected chi connectivity index (χ3v) is 7.63. The van der Waals surface area contributed by atoms with Gasteiger partial charge in [0.2, 0.25) is 13.6 Å². The van der Waals surface area contributed by atoms with Gasteiger partial charge in [0.1, 0.15) is 30.4 Å². The molecule has 0 atom stereocenters. The molecular formula is C22H32N5O10P. The molecule has 0 amide bonds. The molecule has 0 radical (unpaired) electrons. The van der Waals surface area contributed by atoms with Gasteiger partial charge in [-0.1, -0.05) is 0 Å². The molecular weight excluding hydrogens is 525 g/mol. The van der Waals surface area contributed by atoms with E-state index in [1.54, 1.807) is 4.57 Å². The quantitative estimate of drug-likeness (QED) is 0.162. The van der Waals surface area contributed by atoms with Crippen LogP contribution in [0.15, 0.2) is 12.7 Å². The van der Waals surface area contributed by atoms with E-state index in [4.69, 9.17) is 38.5 Å². The van der Waals surface area contributed by atoms with Crippen molar-refractivity contribution in [3.63, 3.8) is 0 Å². The number of hydrogen-bond acceptors (Lipinski definition) is 14. The number of nitrogens with zero attached hydrogens (tertiary/aromatic N) is 4. The average molecular weight is 557 g/mol. The van der Waals surface area contributed by atoms with E-state index in [2.05, 4.69) is 15.0 Å². The molecule has 15 nitrogen and oxygen atoms in total. The maximum absolute atomic E-state index is 13.2. The number of carbonyl (C=O) groups excluding carboxylic acids is 2. The largest absolute Gasteiger partial charge is 0.510 e. The van der Waals surface area contributed by atoms with E-state index in [9.17, 15) is 14.2 Å². The second-order valence-electron chi connectivity index (χ2n) is 8.85. The summed E-state index contributed by atoms with van der Waals surface area (Å²) in [5.41, 5.74) is 6.76. The molecule has 0 aromatic carbocycles. The molecule has 2 heterocycles. The lowest BCUT2D eigenvalue weighted by Gasteiger charge is -2.19. The Bertz CT molecular complexity index is 1080. The monoisotopic (exact) mass is 557 g/mol. The number of aromatic nitrogens is 4. The zero-order valence-electron chi connectivity index (χ0n) is 20.9. The Balaban J connectivity index is 1.24. The molecule has 0 bridgehead atoms. The van der Waals surface area contributed by atoms with Crippen LogP contribution < -0.4 is 5.73 Å². The highest BCUT2D eigenvalue weighted by molar-refractivity contribution is 7.53. The van der Waals surface area contributed by atoms with Gasteiger partial charge in [-0.15, -0.1) is 0 Å². The summed E-state index contributed by atoms with van der Waals surface area (Å²) in [7, 11) is -4.02. The maximum atomic E-state index is 13.2. The van der Waals surface area contributed by atoms with Crippen LogP contribution in [-0.4, -0.2) is 70.6 Å². The second kappa shape index (κ2) is 13.7. The normalized spacial score (nSPS) is 16.6. The minimum Gasteiger partial charge on any atom is -0.431 e. The molecule has 2 N–H and O–H groups in total. The first-order chi connectivity index (χ1) is 18.4. The minimum atomic E-state index is -4.02. The number of imidazole rings is 1. The van der Waals surface area contributed by atoms with Gasteiger partial charge in [0.15, 0.2) is 11.5 Å². The molecule has 2 fully saturated rings. The molecule has 0 saturated heterocycles. The topological polar surface area (TPSA) is 185 Å². The first-order valence-corrected chi connectivity index (χ1v) is 14.2. The lowest BCUT2D eigenvalue weighted by molar-refractivity contribution is -0.0381. The minimum absolute atomic E-state index is 0.0707. The van der Waals surface area contributed by atoms with Gasteiger partial charge in [-0.2, -0.15) is 0 Å². The van der Waals surface area contributed by atoms with Gasteiger partial charge in [-0.25, -0.2) is 24.5 Å². The van der Waals surface area contributed by atoms with Crippen molar-refractivity contribution in [1.82, 2.24) is 19.5 Å². The van der Waals surface area contributed by atoms with Crippen molar-refractivity contribution >= 4 is 36.9 Å². The smallest absolute Gasteiger partial charge is 0.431 e. The van der Waals surface area contributed by atoms with Gasteiger partial charge in [-0.05, 0) is 51.4 Å². The number of hydrogen-bond donors (Lipinski definition) is 1. The molecule has 4 rings (SSSR count). The number of nitrogen functional groups attached to an aromatic ring is 1. The van der Waals surface area contributed by atoms with Crippen LogP contribution in [0.2, 0.25) is 0 Å². The van der Waals surface area contributed by atoms with Crippen LogP contribution in [0, 0.1) is 0 Å². The highest BCUT2D eigenvalue weighted by Gasteiger charge is 2.29. The van der Waals surface area contributed by atoms with Crippen molar-refractivity contribution in [3.8, 4) is 0 Å². The van der Waals surface area contributed by atoms with E-state index in [1.165, 1.54) is 12.7 Å². The van der Waals surface area contributed by atoms with E-state index in [-0.39, 0.29) is 24.6 Å². The van der Waals surface area contributed by atoms with Crippen LogP contribution in [0.3, 0.4) is 0 Å². The molecule has 38 heavy (non-hydrogen) atoms.